The zero-order valence-corrected chi connectivity index (χ0v) is 15.4. The number of rotatable bonds is 7. The summed E-state index contributed by atoms with van der Waals surface area (Å²) in [6.45, 7) is 4.09. The van der Waals surface area contributed by atoms with Crippen LogP contribution in [0.4, 0.5) is 5.69 Å². The molecule has 1 aliphatic heterocycles. The number of phenols is 1. The van der Waals surface area contributed by atoms with E-state index >= 15 is 0 Å². The van der Waals surface area contributed by atoms with Crippen molar-refractivity contribution in [1.82, 2.24) is 10.2 Å². The van der Waals surface area contributed by atoms with Gasteiger partial charge in [0.25, 0.3) is 5.91 Å². The first-order valence-electron chi connectivity index (χ1n) is 8.88. The van der Waals surface area contributed by atoms with Crippen LogP contribution >= 0.6 is 0 Å². The van der Waals surface area contributed by atoms with Crippen LogP contribution in [0.15, 0.2) is 18.2 Å². The lowest BCUT2D eigenvalue weighted by molar-refractivity contribution is -0.142. The van der Waals surface area contributed by atoms with Gasteiger partial charge in [-0.05, 0) is 43.4 Å². The summed E-state index contributed by atoms with van der Waals surface area (Å²) < 4.78 is 0. The van der Waals surface area contributed by atoms with Gasteiger partial charge in [0, 0.05) is 12.2 Å². The van der Waals surface area contributed by atoms with E-state index in [0.29, 0.717) is 31.5 Å². The highest BCUT2D eigenvalue weighted by molar-refractivity contribution is 6.01. The summed E-state index contributed by atoms with van der Waals surface area (Å²) in [7, 11) is 0. The van der Waals surface area contributed by atoms with Gasteiger partial charge in [0.2, 0.25) is 5.91 Å². The number of nitrogens with two attached hydrogens (primary N) is 1. The number of carbonyl (C=O) groups is 3. The molecule has 2 atom stereocenters. The molecule has 0 aromatic heterocycles. The molecular weight excluding hydrogens is 352 g/mol. The van der Waals surface area contributed by atoms with Crippen LogP contribution in [0.5, 0.6) is 5.75 Å². The molecule has 1 heterocycles. The first-order chi connectivity index (χ1) is 12.7. The Bertz CT molecular complexity index is 722. The van der Waals surface area contributed by atoms with E-state index in [2.05, 4.69) is 10.7 Å². The average molecular weight is 378 g/mol. The highest BCUT2D eigenvalue weighted by atomic mass is 16.4. The quantitative estimate of drug-likeness (QED) is 0.269. The van der Waals surface area contributed by atoms with E-state index in [0.717, 1.165) is 0 Å². The van der Waals surface area contributed by atoms with Gasteiger partial charge in [0.15, 0.2) is 0 Å². The molecule has 0 saturated carbocycles. The molecule has 1 aromatic rings. The SMILES string of the molecule is CC(C)C[C@H](NC(=O)C1CCCN1C(=O)c1cc(NN)ccc1O)C(=O)O. The second-order valence-electron chi connectivity index (χ2n) is 7.06. The fourth-order valence-electron chi connectivity index (χ4n) is 3.20. The molecule has 9 nitrogen and oxygen atoms in total. The smallest absolute Gasteiger partial charge is 0.326 e. The largest absolute Gasteiger partial charge is 0.507 e. The molecule has 2 amide bonds. The molecule has 1 aliphatic rings. The Morgan fingerprint density at radius 1 is 1.33 bits per heavy atom. The number of hydrogen-bond donors (Lipinski definition) is 5. The predicted octanol–water partition coefficient (Wildman–Crippen LogP) is 0.898. The van der Waals surface area contributed by atoms with Gasteiger partial charge in [-0.25, -0.2) is 4.79 Å². The number of phenolic OH excluding ortho intramolecular Hbond substituents is 1. The molecule has 0 aliphatic carbocycles. The maximum atomic E-state index is 12.8. The highest BCUT2D eigenvalue weighted by Crippen LogP contribution is 2.27. The second-order valence-corrected chi connectivity index (χ2v) is 7.06. The number of nitrogen functional groups attached to an aromatic ring is 1. The minimum atomic E-state index is -1.10. The van der Waals surface area contributed by atoms with E-state index in [1.54, 1.807) is 0 Å². The van der Waals surface area contributed by atoms with Crippen LogP contribution in [0.1, 0.15) is 43.5 Å². The third-order valence-corrected chi connectivity index (χ3v) is 4.53. The van der Waals surface area contributed by atoms with Crippen LogP contribution in [0.2, 0.25) is 0 Å². The molecule has 1 fully saturated rings. The van der Waals surface area contributed by atoms with Gasteiger partial charge < -0.3 is 25.9 Å². The normalized spacial score (nSPS) is 17.6. The van der Waals surface area contributed by atoms with Crippen LogP contribution in [0.3, 0.4) is 0 Å². The molecule has 27 heavy (non-hydrogen) atoms. The summed E-state index contributed by atoms with van der Waals surface area (Å²) >= 11 is 0. The number of hydrogen-bond acceptors (Lipinski definition) is 6. The predicted molar refractivity (Wildman–Crippen MR) is 99.0 cm³/mol. The number of aromatic hydroxyl groups is 1. The Kier molecular flexibility index (Phi) is 6.62. The lowest BCUT2D eigenvalue weighted by Gasteiger charge is -2.26. The maximum absolute atomic E-state index is 12.8. The summed E-state index contributed by atoms with van der Waals surface area (Å²) in [6.07, 6.45) is 1.34. The van der Waals surface area contributed by atoms with Crippen LogP contribution in [-0.4, -0.2) is 51.5 Å². The minimum absolute atomic E-state index is 0.0297. The van der Waals surface area contributed by atoms with Crippen LogP contribution in [0, 0.1) is 5.92 Å². The summed E-state index contributed by atoms with van der Waals surface area (Å²) in [6, 6.07) is 2.48. The Hall–Kier alpha value is -2.81. The van der Waals surface area contributed by atoms with Gasteiger partial charge in [-0.1, -0.05) is 13.8 Å². The van der Waals surface area contributed by atoms with Crippen molar-refractivity contribution in [2.75, 3.05) is 12.0 Å². The number of aliphatic carboxylic acids is 1. The molecule has 0 radical (unpaired) electrons. The Morgan fingerprint density at radius 3 is 2.63 bits per heavy atom. The lowest BCUT2D eigenvalue weighted by Crippen LogP contribution is -2.51. The number of nitrogens with zero attached hydrogens (tertiary/aromatic N) is 1. The lowest BCUT2D eigenvalue weighted by atomic mass is 10.0. The van der Waals surface area contributed by atoms with Gasteiger partial charge in [0.1, 0.15) is 17.8 Å². The van der Waals surface area contributed by atoms with E-state index < -0.39 is 29.9 Å². The van der Waals surface area contributed by atoms with Crippen molar-refractivity contribution in [1.29, 1.82) is 0 Å². The number of carbonyl (C=O) groups excluding carboxylic acids is 2. The fourth-order valence-corrected chi connectivity index (χ4v) is 3.20. The van der Waals surface area contributed by atoms with Crippen LogP contribution in [-0.2, 0) is 9.59 Å². The van der Waals surface area contributed by atoms with Gasteiger partial charge in [-0.2, -0.15) is 0 Å². The number of carboxylic acids is 1. The molecular formula is C18H26N4O5. The van der Waals surface area contributed by atoms with E-state index in [9.17, 15) is 24.6 Å². The summed E-state index contributed by atoms with van der Waals surface area (Å²) in [5.74, 6) is 3.12. The Balaban J connectivity index is 2.17. The first kappa shape index (κ1) is 20.5. The highest BCUT2D eigenvalue weighted by Gasteiger charge is 2.37. The van der Waals surface area contributed by atoms with Crippen molar-refractivity contribution in [3.8, 4) is 5.75 Å². The molecule has 9 heteroatoms. The zero-order chi connectivity index (χ0) is 20.1. The molecule has 0 spiro atoms. The topological polar surface area (TPSA) is 145 Å². The molecule has 1 saturated heterocycles. The van der Waals surface area contributed by atoms with Crippen LogP contribution < -0.4 is 16.6 Å². The third kappa shape index (κ3) is 4.88. The number of amides is 2. The van der Waals surface area contributed by atoms with Gasteiger partial charge >= 0.3 is 5.97 Å². The molecule has 2 rings (SSSR count). The summed E-state index contributed by atoms with van der Waals surface area (Å²) in [5.41, 5.74) is 2.88. The average Bonchev–Trinajstić information content (AvgIpc) is 3.10. The fraction of sp³-hybridized carbons (Fsp3) is 0.500. The van der Waals surface area contributed by atoms with Gasteiger partial charge in [-0.15, -0.1) is 0 Å². The number of benzene rings is 1. The Labute approximate surface area is 157 Å². The van der Waals surface area contributed by atoms with E-state index in [1.165, 1.54) is 23.1 Å². The standard InChI is InChI=1S/C18H26N4O5/c1-10(2)8-13(18(26)27)20-16(24)14-4-3-7-22(14)17(25)12-9-11(21-19)5-6-15(12)23/h5-6,9-10,13-14,21,23H,3-4,7-8,19H2,1-2H3,(H,20,24)(H,26,27)/t13-,14?/m0/s1. The summed E-state index contributed by atoms with van der Waals surface area (Å²) in [4.78, 5) is 38.2. The van der Waals surface area contributed by atoms with Gasteiger partial charge in [-0.3, -0.25) is 15.4 Å². The number of likely N-dealkylation sites (tertiary alicyclic amines) is 1. The molecule has 1 aromatic carbocycles. The first-order valence-corrected chi connectivity index (χ1v) is 8.88. The number of anilines is 1. The number of hydrazine groups is 1. The second kappa shape index (κ2) is 8.72. The van der Waals surface area contributed by atoms with Crippen molar-refractivity contribution >= 4 is 23.5 Å². The van der Waals surface area contributed by atoms with Crippen molar-refractivity contribution in [3.63, 3.8) is 0 Å². The van der Waals surface area contributed by atoms with Crippen molar-refractivity contribution in [3.05, 3.63) is 23.8 Å². The minimum Gasteiger partial charge on any atom is -0.507 e. The summed E-state index contributed by atoms with van der Waals surface area (Å²) in [5, 5.41) is 21.9. The van der Waals surface area contributed by atoms with E-state index in [4.69, 9.17) is 5.84 Å². The van der Waals surface area contributed by atoms with E-state index in [-0.39, 0.29) is 17.2 Å². The Morgan fingerprint density at radius 2 is 2.04 bits per heavy atom. The number of carboxylic acid groups (broad SMARTS) is 1. The molecule has 148 valence electrons. The van der Waals surface area contributed by atoms with Gasteiger partial charge in [0.05, 0.1) is 5.56 Å². The van der Waals surface area contributed by atoms with E-state index in [1.807, 2.05) is 13.8 Å². The van der Waals surface area contributed by atoms with Crippen molar-refractivity contribution < 1.29 is 24.6 Å². The molecule has 1 unspecified atom stereocenters. The zero-order valence-electron chi connectivity index (χ0n) is 15.4. The monoisotopic (exact) mass is 378 g/mol. The maximum Gasteiger partial charge on any atom is 0.326 e. The van der Waals surface area contributed by atoms with Crippen LogP contribution in [0.25, 0.3) is 0 Å². The van der Waals surface area contributed by atoms with Crippen molar-refractivity contribution in [2.24, 2.45) is 11.8 Å². The molecule has 0 bridgehead atoms. The number of nitrogens with one attached hydrogen (secondary N) is 2. The third-order valence-electron chi connectivity index (χ3n) is 4.53. The molecule has 6 N–H and O–H groups in total. The van der Waals surface area contributed by atoms with Crippen molar-refractivity contribution in [2.45, 2.75) is 45.2 Å².